The summed E-state index contributed by atoms with van der Waals surface area (Å²) in [6, 6.07) is 15.9. The van der Waals surface area contributed by atoms with E-state index in [0.717, 1.165) is 4.57 Å². The van der Waals surface area contributed by atoms with Crippen molar-refractivity contribution in [2.75, 3.05) is 19.7 Å². The van der Waals surface area contributed by atoms with Gasteiger partial charge in [0, 0.05) is 38.3 Å². The van der Waals surface area contributed by atoms with Gasteiger partial charge in [0.05, 0.1) is 6.33 Å². The number of fused-ring (bicyclic) bond motifs is 1. The maximum absolute atomic E-state index is 12.5. The highest BCUT2D eigenvalue weighted by Gasteiger charge is 2.14. The highest BCUT2D eigenvalue weighted by atomic mass is 16.5. The molecule has 0 spiro atoms. The van der Waals surface area contributed by atoms with E-state index in [4.69, 9.17) is 4.74 Å². The number of carbonyl (C=O) groups excluding carboxylic acids is 1. The van der Waals surface area contributed by atoms with Crippen LogP contribution in [-0.2, 0) is 20.6 Å². The fourth-order valence-corrected chi connectivity index (χ4v) is 3.92. The zero-order valence-electron chi connectivity index (χ0n) is 20.3. The van der Waals surface area contributed by atoms with E-state index in [2.05, 4.69) is 10.3 Å². The SMILES string of the molecule is Cn1c(=O)c2c(ncn2CCCNCC(O)COc2ccc(C(=O)c3ccccc3)cc2)n(C)c1=O. The standard InChI is InChI=1S/C26H29N5O5/c1-29-24-22(25(34)30(2)26(29)35)31(17-28-24)14-6-13-27-15-20(32)16-36-21-11-9-19(10-12-21)23(33)18-7-4-3-5-8-18/h3-5,7-12,17,20,27,32H,6,13-16H2,1-2H3. The van der Waals surface area contributed by atoms with Gasteiger partial charge >= 0.3 is 5.69 Å². The molecule has 0 radical (unpaired) electrons. The van der Waals surface area contributed by atoms with E-state index < -0.39 is 11.8 Å². The molecule has 0 saturated carbocycles. The minimum Gasteiger partial charge on any atom is -0.491 e. The zero-order chi connectivity index (χ0) is 25.7. The van der Waals surface area contributed by atoms with Gasteiger partial charge in [-0.2, -0.15) is 0 Å². The van der Waals surface area contributed by atoms with Crippen LogP contribution < -0.4 is 21.3 Å². The molecule has 0 bridgehead atoms. The Bertz CT molecular complexity index is 1450. The molecule has 0 amide bonds. The molecule has 0 aliphatic heterocycles. The molecular weight excluding hydrogens is 462 g/mol. The number of carbonyl (C=O) groups is 1. The average Bonchev–Trinajstić information content (AvgIpc) is 3.34. The first-order valence-corrected chi connectivity index (χ1v) is 11.7. The summed E-state index contributed by atoms with van der Waals surface area (Å²) in [4.78, 5) is 41.2. The molecule has 1 atom stereocenters. The molecule has 4 rings (SSSR count). The van der Waals surface area contributed by atoms with Crippen LogP contribution in [0.15, 0.2) is 70.5 Å². The minimum absolute atomic E-state index is 0.0560. The Hall–Kier alpha value is -4.02. The molecule has 10 heteroatoms. The van der Waals surface area contributed by atoms with Gasteiger partial charge in [0.25, 0.3) is 5.56 Å². The summed E-state index contributed by atoms with van der Waals surface area (Å²) >= 11 is 0. The lowest BCUT2D eigenvalue weighted by atomic mass is 10.0. The summed E-state index contributed by atoms with van der Waals surface area (Å²) in [5.41, 5.74) is 1.17. The second-order valence-corrected chi connectivity index (χ2v) is 8.56. The molecule has 4 aromatic rings. The fourth-order valence-electron chi connectivity index (χ4n) is 3.92. The quantitative estimate of drug-likeness (QED) is 0.238. The van der Waals surface area contributed by atoms with Gasteiger partial charge in [-0.1, -0.05) is 30.3 Å². The first-order chi connectivity index (χ1) is 17.4. The summed E-state index contributed by atoms with van der Waals surface area (Å²) in [6.07, 6.45) is 1.54. The third kappa shape index (κ3) is 5.45. The van der Waals surface area contributed by atoms with Crippen molar-refractivity contribution >= 4 is 16.9 Å². The molecular formula is C26H29N5O5. The Morgan fingerprint density at radius 3 is 2.44 bits per heavy atom. The van der Waals surface area contributed by atoms with Crippen LogP contribution in [0.25, 0.3) is 11.2 Å². The summed E-state index contributed by atoms with van der Waals surface area (Å²) in [5.74, 6) is 0.515. The number of ketones is 1. The van der Waals surface area contributed by atoms with Crippen LogP contribution in [-0.4, -0.2) is 55.4 Å². The number of nitrogens with one attached hydrogen (secondary N) is 1. The van der Waals surface area contributed by atoms with Crippen molar-refractivity contribution in [1.82, 2.24) is 24.0 Å². The number of aromatic nitrogens is 4. The van der Waals surface area contributed by atoms with E-state index in [9.17, 15) is 19.5 Å². The lowest BCUT2D eigenvalue weighted by Crippen LogP contribution is -2.37. The van der Waals surface area contributed by atoms with E-state index >= 15 is 0 Å². The van der Waals surface area contributed by atoms with Gasteiger partial charge in [-0.25, -0.2) is 9.78 Å². The van der Waals surface area contributed by atoms with Crippen LogP contribution >= 0.6 is 0 Å². The van der Waals surface area contributed by atoms with E-state index in [1.54, 1.807) is 54.3 Å². The number of hydrogen-bond acceptors (Lipinski definition) is 7. The normalized spacial score (nSPS) is 12.1. The Labute approximate surface area is 207 Å². The first-order valence-electron chi connectivity index (χ1n) is 11.7. The van der Waals surface area contributed by atoms with Crippen molar-refractivity contribution in [1.29, 1.82) is 0 Å². The molecule has 10 nitrogen and oxygen atoms in total. The third-order valence-electron chi connectivity index (χ3n) is 5.94. The smallest absolute Gasteiger partial charge is 0.332 e. The summed E-state index contributed by atoms with van der Waals surface area (Å²) in [5, 5.41) is 13.4. The Balaban J connectivity index is 1.20. The van der Waals surface area contributed by atoms with Crippen LogP contribution in [0.1, 0.15) is 22.3 Å². The average molecular weight is 492 g/mol. The predicted molar refractivity (Wildman–Crippen MR) is 136 cm³/mol. The number of aliphatic hydroxyl groups excluding tert-OH is 1. The van der Waals surface area contributed by atoms with E-state index in [1.807, 2.05) is 18.2 Å². The van der Waals surface area contributed by atoms with Crippen molar-refractivity contribution in [2.45, 2.75) is 19.1 Å². The van der Waals surface area contributed by atoms with Crippen molar-refractivity contribution in [3.8, 4) is 5.75 Å². The summed E-state index contributed by atoms with van der Waals surface area (Å²) < 4.78 is 9.81. The Morgan fingerprint density at radius 2 is 1.72 bits per heavy atom. The largest absolute Gasteiger partial charge is 0.491 e. The number of benzene rings is 2. The number of imidazole rings is 1. The van der Waals surface area contributed by atoms with Crippen LogP contribution in [0, 0.1) is 0 Å². The zero-order valence-corrected chi connectivity index (χ0v) is 20.3. The van der Waals surface area contributed by atoms with E-state index in [1.165, 1.54) is 11.6 Å². The van der Waals surface area contributed by atoms with Crippen molar-refractivity contribution in [2.24, 2.45) is 14.1 Å². The van der Waals surface area contributed by atoms with E-state index in [-0.39, 0.29) is 17.9 Å². The van der Waals surface area contributed by atoms with Gasteiger partial charge in [-0.15, -0.1) is 0 Å². The molecule has 0 aliphatic carbocycles. The predicted octanol–water partition coefficient (Wildman–Crippen LogP) is 1.08. The Morgan fingerprint density at radius 1 is 1.03 bits per heavy atom. The topological polar surface area (TPSA) is 120 Å². The molecule has 36 heavy (non-hydrogen) atoms. The van der Waals surface area contributed by atoms with E-state index in [0.29, 0.717) is 54.1 Å². The van der Waals surface area contributed by atoms with Gasteiger partial charge in [-0.05, 0) is 37.2 Å². The summed E-state index contributed by atoms with van der Waals surface area (Å²) in [7, 11) is 3.04. The van der Waals surface area contributed by atoms with Crippen LogP contribution in [0.2, 0.25) is 0 Å². The molecule has 2 aromatic heterocycles. The number of aliphatic hydroxyl groups is 1. The highest BCUT2D eigenvalue weighted by molar-refractivity contribution is 6.08. The van der Waals surface area contributed by atoms with Crippen molar-refractivity contribution in [3.05, 3.63) is 92.9 Å². The maximum Gasteiger partial charge on any atom is 0.332 e. The maximum atomic E-state index is 12.5. The number of aryl methyl sites for hydroxylation is 2. The van der Waals surface area contributed by atoms with Crippen molar-refractivity contribution < 1.29 is 14.6 Å². The van der Waals surface area contributed by atoms with Crippen LogP contribution in [0.3, 0.4) is 0 Å². The first kappa shape index (κ1) is 25.1. The fraction of sp³-hybridized carbons (Fsp3) is 0.308. The molecule has 2 heterocycles. The van der Waals surface area contributed by atoms with Gasteiger partial charge in [0.15, 0.2) is 16.9 Å². The third-order valence-corrected chi connectivity index (χ3v) is 5.94. The molecule has 1 unspecified atom stereocenters. The van der Waals surface area contributed by atoms with Gasteiger partial charge in [0.2, 0.25) is 0 Å². The number of rotatable bonds is 11. The molecule has 0 fully saturated rings. The van der Waals surface area contributed by atoms with Gasteiger partial charge in [0.1, 0.15) is 18.5 Å². The van der Waals surface area contributed by atoms with Crippen LogP contribution in [0.5, 0.6) is 5.75 Å². The lowest BCUT2D eigenvalue weighted by molar-refractivity contribution is 0.103. The van der Waals surface area contributed by atoms with Gasteiger partial charge < -0.3 is 19.7 Å². The number of nitrogens with zero attached hydrogens (tertiary/aromatic N) is 4. The Kier molecular flexibility index (Phi) is 7.77. The molecule has 2 N–H and O–H groups in total. The molecule has 2 aromatic carbocycles. The minimum atomic E-state index is -0.716. The van der Waals surface area contributed by atoms with Gasteiger partial charge in [-0.3, -0.25) is 18.7 Å². The summed E-state index contributed by atoms with van der Waals surface area (Å²) in [6.45, 7) is 1.59. The highest BCUT2D eigenvalue weighted by Crippen LogP contribution is 2.15. The number of hydrogen-bond donors (Lipinski definition) is 2. The molecule has 0 aliphatic rings. The lowest BCUT2D eigenvalue weighted by Gasteiger charge is -2.14. The molecule has 0 saturated heterocycles. The monoisotopic (exact) mass is 491 g/mol. The second kappa shape index (κ2) is 11.1. The molecule has 188 valence electrons. The van der Waals surface area contributed by atoms with Crippen molar-refractivity contribution in [3.63, 3.8) is 0 Å². The number of ether oxygens (including phenoxy) is 1. The van der Waals surface area contributed by atoms with Crippen LogP contribution in [0.4, 0.5) is 0 Å². The second-order valence-electron chi connectivity index (χ2n) is 8.56.